The number of hydrogen-bond donors (Lipinski definition) is 0. The van der Waals surface area contributed by atoms with Gasteiger partial charge in [0.05, 0.1) is 0 Å². The summed E-state index contributed by atoms with van der Waals surface area (Å²) in [7, 11) is 0. The number of alkyl halides is 1. The normalized spacial score (nSPS) is 12.2. The van der Waals surface area contributed by atoms with E-state index in [1.54, 1.807) is 11.8 Å². The van der Waals surface area contributed by atoms with E-state index in [-0.39, 0.29) is 4.05 Å². The van der Waals surface area contributed by atoms with Gasteiger partial charge in [0.2, 0.25) is 6.08 Å². The molecule has 2 nitrogen and oxygen atoms in total. The summed E-state index contributed by atoms with van der Waals surface area (Å²) in [6.45, 7) is 0. The van der Waals surface area contributed by atoms with Crippen LogP contribution in [0.2, 0.25) is 0 Å². The number of isocyanates is 1. The first-order valence-electron chi connectivity index (χ1n) is 2.01. The van der Waals surface area contributed by atoms with Crippen molar-refractivity contribution >= 4 is 40.4 Å². The van der Waals surface area contributed by atoms with Crippen LogP contribution in [0.1, 0.15) is 0 Å². The lowest BCUT2D eigenvalue weighted by molar-refractivity contribution is 0.563. The number of nitrogens with zero attached hydrogens (tertiary/aromatic N) is 1. The van der Waals surface area contributed by atoms with E-state index in [1.165, 1.54) is 6.08 Å². The van der Waals surface area contributed by atoms with Gasteiger partial charge < -0.3 is 0 Å². The van der Waals surface area contributed by atoms with Crippen molar-refractivity contribution < 1.29 is 4.79 Å². The topological polar surface area (TPSA) is 29.4 Å². The Balaban J connectivity index is 3.31. The van der Waals surface area contributed by atoms with E-state index in [0.29, 0.717) is 0 Å². The monoisotopic (exact) mass is 243 g/mol. The van der Waals surface area contributed by atoms with E-state index in [2.05, 4.69) is 27.6 Å². The van der Waals surface area contributed by atoms with Crippen molar-refractivity contribution in [2.75, 3.05) is 12.0 Å². The molecule has 0 rings (SSSR count). The highest BCUT2D eigenvalue weighted by Gasteiger charge is 1.95. The summed E-state index contributed by atoms with van der Waals surface area (Å²) in [5.41, 5.74) is 0. The van der Waals surface area contributed by atoms with E-state index in [0.717, 1.165) is 5.75 Å². The zero-order valence-corrected chi connectivity index (χ0v) is 7.40. The van der Waals surface area contributed by atoms with Crippen molar-refractivity contribution in [2.24, 2.45) is 4.99 Å². The summed E-state index contributed by atoms with van der Waals surface area (Å²) >= 11 is 3.76. The minimum absolute atomic E-state index is 0.0973. The summed E-state index contributed by atoms with van der Waals surface area (Å²) in [5.74, 6) is 0.885. The Labute approximate surface area is 66.3 Å². The molecule has 0 N–H and O–H groups in total. The highest BCUT2D eigenvalue weighted by Crippen LogP contribution is 2.07. The molecule has 0 aliphatic heterocycles. The van der Waals surface area contributed by atoms with Crippen molar-refractivity contribution in [2.45, 2.75) is 4.05 Å². The summed E-state index contributed by atoms with van der Waals surface area (Å²) in [6, 6.07) is 0. The number of hydrogen-bond acceptors (Lipinski definition) is 3. The van der Waals surface area contributed by atoms with E-state index in [4.69, 9.17) is 0 Å². The number of rotatable bonds is 3. The van der Waals surface area contributed by atoms with Gasteiger partial charge in [-0.1, -0.05) is 22.6 Å². The molecule has 0 fully saturated rings. The lowest BCUT2D eigenvalue weighted by Gasteiger charge is -1.94. The summed E-state index contributed by atoms with van der Waals surface area (Å²) in [6.07, 6.45) is 3.48. The Morgan fingerprint density at radius 3 is 3.00 bits per heavy atom. The highest BCUT2D eigenvalue weighted by molar-refractivity contribution is 14.1. The van der Waals surface area contributed by atoms with Crippen molar-refractivity contribution in [3.05, 3.63) is 0 Å². The van der Waals surface area contributed by atoms with Crippen LogP contribution in [0.5, 0.6) is 0 Å². The minimum atomic E-state index is 0.0973. The Hall–Kier alpha value is 0.460. The van der Waals surface area contributed by atoms with Gasteiger partial charge in [0.1, 0.15) is 4.05 Å². The summed E-state index contributed by atoms with van der Waals surface area (Å²) in [5, 5.41) is 0. The van der Waals surface area contributed by atoms with E-state index < -0.39 is 0 Å². The molecule has 0 amide bonds. The van der Waals surface area contributed by atoms with Gasteiger partial charge in [-0.2, -0.15) is 16.8 Å². The van der Waals surface area contributed by atoms with Gasteiger partial charge in [0.15, 0.2) is 0 Å². The predicted octanol–water partition coefficient (Wildman–Crippen LogP) is 1.45. The van der Waals surface area contributed by atoms with Crippen LogP contribution in [0.15, 0.2) is 4.99 Å². The Morgan fingerprint density at radius 2 is 2.62 bits per heavy atom. The average molecular weight is 243 g/mol. The maximum Gasteiger partial charge on any atom is 0.236 e. The van der Waals surface area contributed by atoms with Crippen molar-refractivity contribution in [1.29, 1.82) is 0 Å². The van der Waals surface area contributed by atoms with Crippen LogP contribution in [0.25, 0.3) is 0 Å². The first kappa shape index (κ1) is 8.46. The third-order valence-corrected chi connectivity index (χ3v) is 2.46. The molecule has 0 aliphatic rings. The molecule has 0 saturated carbocycles. The minimum Gasteiger partial charge on any atom is -0.211 e. The average Bonchev–Trinajstić information content (AvgIpc) is 1.68. The standard InChI is InChI=1S/C4H6INOS/c1-8-2-4(5)6-3-7/h4H,2H2,1H3. The molecule has 0 aliphatic carbocycles. The molecule has 1 atom stereocenters. The number of carbonyl (C=O) groups excluding carboxylic acids is 1. The lowest BCUT2D eigenvalue weighted by Crippen LogP contribution is -1.94. The van der Waals surface area contributed by atoms with E-state index >= 15 is 0 Å². The van der Waals surface area contributed by atoms with Gasteiger partial charge in [-0.3, -0.25) is 0 Å². The fraction of sp³-hybridized carbons (Fsp3) is 0.750. The molecule has 8 heavy (non-hydrogen) atoms. The van der Waals surface area contributed by atoms with Crippen LogP contribution in [0.3, 0.4) is 0 Å². The molecule has 46 valence electrons. The van der Waals surface area contributed by atoms with E-state index in [9.17, 15) is 4.79 Å². The maximum absolute atomic E-state index is 9.58. The number of thioether (sulfide) groups is 1. The van der Waals surface area contributed by atoms with Gasteiger partial charge >= 0.3 is 0 Å². The smallest absolute Gasteiger partial charge is 0.211 e. The van der Waals surface area contributed by atoms with Crippen molar-refractivity contribution in [3.8, 4) is 0 Å². The molecule has 4 heteroatoms. The van der Waals surface area contributed by atoms with Gasteiger partial charge in [0, 0.05) is 5.75 Å². The number of halogens is 1. The molecule has 0 heterocycles. The van der Waals surface area contributed by atoms with Crippen molar-refractivity contribution in [1.82, 2.24) is 0 Å². The zero-order chi connectivity index (χ0) is 6.41. The largest absolute Gasteiger partial charge is 0.236 e. The van der Waals surface area contributed by atoms with Gasteiger partial charge in [0.25, 0.3) is 0 Å². The Kier molecular flexibility index (Phi) is 5.92. The van der Waals surface area contributed by atoms with Crippen LogP contribution in [-0.4, -0.2) is 22.1 Å². The quantitative estimate of drug-likeness (QED) is 0.247. The SMILES string of the molecule is CSCC(I)N=C=O. The molecule has 0 aromatic rings. The number of aliphatic imine (C=N–C) groups is 1. The Bertz CT molecular complexity index is 102. The van der Waals surface area contributed by atoms with Crippen LogP contribution < -0.4 is 0 Å². The third kappa shape index (κ3) is 4.61. The Morgan fingerprint density at radius 1 is 2.00 bits per heavy atom. The van der Waals surface area contributed by atoms with Crippen LogP contribution in [0.4, 0.5) is 0 Å². The molecule has 0 aromatic heterocycles. The molecule has 0 spiro atoms. The molecule has 0 radical (unpaired) electrons. The molecule has 0 saturated heterocycles. The highest BCUT2D eigenvalue weighted by atomic mass is 127. The second kappa shape index (κ2) is 5.59. The van der Waals surface area contributed by atoms with Gasteiger partial charge in [-0.15, -0.1) is 0 Å². The fourth-order valence-corrected chi connectivity index (χ4v) is 1.77. The molecule has 1 unspecified atom stereocenters. The van der Waals surface area contributed by atoms with E-state index in [1.807, 2.05) is 6.26 Å². The third-order valence-electron chi connectivity index (χ3n) is 0.497. The maximum atomic E-state index is 9.58. The zero-order valence-electron chi connectivity index (χ0n) is 4.43. The molecular weight excluding hydrogens is 237 g/mol. The molecule has 0 aromatic carbocycles. The first-order chi connectivity index (χ1) is 3.81. The lowest BCUT2D eigenvalue weighted by atomic mass is 10.8. The van der Waals surface area contributed by atoms with Gasteiger partial charge in [-0.25, -0.2) is 4.79 Å². The van der Waals surface area contributed by atoms with Crippen LogP contribution in [0, 0.1) is 0 Å². The summed E-state index contributed by atoms with van der Waals surface area (Å²) < 4.78 is 0.0973. The van der Waals surface area contributed by atoms with Crippen molar-refractivity contribution in [3.63, 3.8) is 0 Å². The molecular formula is C4H6INOS. The van der Waals surface area contributed by atoms with Gasteiger partial charge in [-0.05, 0) is 6.26 Å². The van der Waals surface area contributed by atoms with Crippen LogP contribution in [-0.2, 0) is 4.79 Å². The summed E-state index contributed by atoms with van der Waals surface area (Å²) in [4.78, 5) is 13.1. The fourth-order valence-electron chi connectivity index (χ4n) is 0.232. The second-order valence-electron chi connectivity index (χ2n) is 1.11. The second-order valence-corrected chi connectivity index (χ2v) is 3.46. The predicted molar refractivity (Wildman–Crippen MR) is 44.3 cm³/mol. The van der Waals surface area contributed by atoms with Crippen LogP contribution >= 0.6 is 34.4 Å². The molecule has 0 bridgehead atoms. The first-order valence-corrected chi connectivity index (χ1v) is 4.65.